The summed E-state index contributed by atoms with van der Waals surface area (Å²) in [4.78, 5) is 25.8. The van der Waals surface area contributed by atoms with Crippen LogP contribution in [0.3, 0.4) is 0 Å². The van der Waals surface area contributed by atoms with Crippen molar-refractivity contribution in [2.24, 2.45) is 7.05 Å². The summed E-state index contributed by atoms with van der Waals surface area (Å²) in [5.74, 6) is 1.04. The van der Waals surface area contributed by atoms with Crippen LogP contribution in [-0.2, 0) is 11.8 Å². The number of aromatic nitrogens is 5. The highest BCUT2D eigenvalue weighted by molar-refractivity contribution is 6.36. The third-order valence-electron chi connectivity index (χ3n) is 5.27. The molecule has 3 heterocycles. The predicted octanol–water partition coefficient (Wildman–Crippen LogP) is 2.98. The molecule has 0 radical (unpaired) electrons. The van der Waals surface area contributed by atoms with E-state index in [9.17, 15) is 4.79 Å². The zero-order valence-electron chi connectivity index (χ0n) is 16.5. The van der Waals surface area contributed by atoms with Gasteiger partial charge in [0, 0.05) is 38.6 Å². The fourth-order valence-corrected chi connectivity index (χ4v) is 3.77. The minimum Gasteiger partial charge on any atom is -0.366 e. The molecular weight excluding hydrogens is 392 g/mol. The summed E-state index contributed by atoms with van der Waals surface area (Å²) < 4.78 is 1.73. The molecule has 1 aliphatic carbocycles. The van der Waals surface area contributed by atoms with Crippen LogP contribution in [0.5, 0.6) is 0 Å². The van der Waals surface area contributed by atoms with E-state index in [4.69, 9.17) is 11.6 Å². The number of H-pyrrole nitrogens is 1. The first-order valence-electron chi connectivity index (χ1n) is 9.33. The van der Waals surface area contributed by atoms with Gasteiger partial charge < -0.3 is 20.5 Å². The molecule has 4 rings (SSSR count). The van der Waals surface area contributed by atoms with Crippen LogP contribution in [0.2, 0.25) is 5.02 Å². The minimum absolute atomic E-state index is 0.0649. The number of carbonyl (C=O) groups excluding carboxylic acids is 1. The van der Waals surface area contributed by atoms with Gasteiger partial charge in [0.1, 0.15) is 11.5 Å². The Morgan fingerprint density at radius 1 is 1.45 bits per heavy atom. The van der Waals surface area contributed by atoms with Gasteiger partial charge in [-0.15, -0.1) is 0 Å². The lowest BCUT2D eigenvalue weighted by Crippen LogP contribution is -2.50. The molecule has 3 N–H and O–H groups in total. The lowest BCUT2D eigenvalue weighted by molar-refractivity contribution is -0.128. The Balaban J connectivity index is 1.55. The van der Waals surface area contributed by atoms with Crippen molar-refractivity contribution in [3.05, 3.63) is 35.8 Å². The molecular formula is C19H23ClN8O. The molecule has 3 aromatic heterocycles. The number of aryl methyl sites for hydroxylation is 2. The highest BCUT2D eigenvalue weighted by Gasteiger charge is 2.34. The molecule has 1 amide bonds. The van der Waals surface area contributed by atoms with E-state index in [-0.39, 0.29) is 18.0 Å². The van der Waals surface area contributed by atoms with Gasteiger partial charge >= 0.3 is 0 Å². The average Bonchev–Trinajstić information content (AvgIpc) is 3.18. The molecule has 0 aliphatic heterocycles. The first-order valence-corrected chi connectivity index (χ1v) is 9.71. The van der Waals surface area contributed by atoms with E-state index in [0.717, 1.165) is 29.6 Å². The van der Waals surface area contributed by atoms with Crippen LogP contribution >= 0.6 is 11.6 Å². The maximum atomic E-state index is 11.8. The van der Waals surface area contributed by atoms with Gasteiger partial charge in [-0.25, -0.2) is 0 Å². The fourth-order valence-electron chi connectivity index (χ4n) is 3.54. The van der Waals surface area contributed by atoms with Crippen molar-refractivity contribution < 1.29 is 4.79 Å². The standard InChI is InChI=1S/C19H23ClN8O/c1-5-15(29)28(4)12-6-11(7-12)22-18-16-13(20)8-21-17(16)24-19(25-18)23-14-9-27(3)26-10(14)2/h5,8-9,11-12H,1,6-7H2,2-4H3,(H3,21,22,23,24,25). The van der Waals surface area contributed by atoms with Crippen LogP contribution in [0, 0.1) is 6.92 Å². The maximum Gasteiger partial charge on any atom is 0.245 e. The number of nitrogens with zero attached hydrogens (tertiary/aromatic N) is 5. The van der Waals surface area contributed by atoms with E-state index in [2.05, 4.69) is 37.3 Å². The Bertz CT molecular complexity index is 1080. The Kier molecular flexibility index (Phi) is 4.91. The third kappa shape index (κ3) is 3.65. The number of anilines is 3. The second kappa shape index (κ2) is 7.40. The molecule has 0 aromatic carbocycles. The quantitative estimate of drug-likeness (QED) is 0.536. The van der Waals surface area contributed by atoms with Gasteiger partial charge in [-0.1, -0.05) is 18.2 Å². The Morgan fingerprint density at radius 2 is 2.21 bits per heavy atom. The van der Waals surface area contributed by atoms with Crippen LogP contribution in [0.1, 0.15) is 18.5 Å². The van der Waals surface area contributed by atoms with Crippen LogP contribution in [0.15, 0.2) is 25.0 Å². The molecule has 0 unspecified atom stereocenters. The first-order chi connectivity index (χ1) is 13.9. The van der Waals surface area contributed by atoms with Crippen molar-refractivity contribution in [1.82, 2.24) is 29.6 Å². The van der Waals surface area contributed by atoms with Gasteiger partial charge in [-0.3, -0.25) is 9.48 Å². The van der Waals surface area contributed by atoms with Crippen LogP contribution in [0.25, 0.3) is 11.0 Å². The molecule has 10 heteroatoms. The molecule has 0 saturated heterocycles. The van der Waals surface area contributed by atoms with Gasteiger partial charge in [0.25, 0.3) is 0 Å². The number of fused-ring (bicyclic) bond motifs is 1. The Morgan fingerprint density at radius 3 is 2.86 bits per heavy atom. The topological polar surface area (TPSA) is 104 Å². The van der Waals surface area contributed by atoms with Crippen molar-refractivity contribution in [2.45, 2.75) is 31.8 Å². The van der Waals surface area contributed by atoms with Crippen molar-refractivity contribution in [1.29, 1.82) is 0 Å². The number of rotatable bonds is 6. The molecule has 1 saturated carbocycles. The number of likely N-dealkylation sites (N-methyl/N-ethyl adjacent to an activating group) is 1. The summed E-state index contributed by atoms with van der Waals surface area (Å²) in [7, 11) is 3.66. The summed E-state index contributed by atoms with van der Waals surface area (Å²) in [5.41, 5.74) is 2.34. The molecule has 9 nitrogen and oxygen atoms in total. The average molecular weight is 415 g/mol. The van der Waals surface area contributed by atoms with Gasteiger partial charge in [-0.05, 0) is 25.8 Å². The number of hydrogen-bond donors (Lipinski definition) is 3. The lowest BCUT2D eigenvalue weighted by Gasteiger charge is -2.41. The summed E-state index contributed by atoms with van der Waals surface area (Å²) in [5, 5.41) is 12.3. The zero-order chi connectivity index (χ0) is 20.7. The van der Waals surface area contributed by atoms with Crippen LogP contribution in [0.4, 0.5) is 17.5 Å². The van der Waals surface area contributed by atoms with E-state index in [0.29, 0.717) is 22.4 Å². The Labute approximate surface area is 173 Å². The predicted molar refractivity (Wildman–Crippen MR) is 114 cm³/mol. The molecule has 0 bridgehead atoms. The lowest BCUT2D eigenvalue weighted by atomic mass is 9.85. The fraction of sp³-hybridized carbons (Fsp3) is 0.368. The van der Waals surface area contributed by atoms with E-state index in [1.54, 1.807) is 22.8 Å². The van der Waals surface area contributed by atoms with Gasteiger partial charge in [0.05, 0.1) is 21.8 Å². The largest absolute Gasteiger partial charge is 0.366 e. The van der Waals surface area contributed by atoms with E-state index >= 15 is 0 Å². The second-order valence-corrected chi connectivity index (χ2v) is 7.71. The van der Waals surface area contributed by atoms with Crippen molar-refractivity contribution in [3.8, 4) is 0 Å². The number of aromatic amines is 1. The van der Waals surface area contributed by atoms with Gasteiger partial charge in [0.15, 0.2) is 0 Å². The highest BCUT2D eigenvalue weighted by Crippen LogP contribution is 2.34. The van der Waals surface area contributed by atoms with E-state index in [1.165, 1.54) is 6.08 Å². The maximum absolute atomic E-state index is 11.8. The van der Waals surface area contributed by atoms with Crippen LogP contribution < -0.4 is 10.6 Å². The number of amides is 1. The monoisotopic (exact) mass is 414 g/mol. The van der Waals surface area contributed by atoms with Crippen molar-refractivity contribution in [3.63, 3.8) is 0 Å². The SMILES string of the molecule is C=CC(=O)N(C)C1CC(Nc2nc(Nc3cn(C)nc3C)nc3[nH]cc(Cl)c23)C1. The highest BCUT2D eigenvalue weighted by atomic mass is 35.5. The molecule has 29 heavy (non-hydrogen) atoms. The van der Waals surface area contributed by atoms with Crippen LogP contribution in [-0.4, -0.2) is 54.7 Å². The molecule has 152 valence electrons. The summed E-state index contributed by atoms with van der Waals surface area (Å²) in [6.07, 6.45) is 6.57. The minimum atomic E-state index is -0.0649. The van der Waals surface area contributed by atoms with Gasteiger partial charge in [-0.2, -0.15) is 15.1 Å². The zero-order valence-corrected chi connectivity index (χ0v) is 17.3. The number of nitrogens with one attached hydrogen (secondary N) is 3. The number of halogens is 1. The molecule has 1 aliphatic rings. The Hall–Kier alpha value is -3.07. The van der Waals surface area contributed by atoms with Gasteiger partial charge in [0.2, 0.25) is 11.9 Å². The number of hydrogen-bond acceptors (Lipinski definition) is 6. The van der Waals surface area contributed by atoms with E-state index in [1.807, 2.05) is 20.2 Å². The normalized spacial score (nSPS) is 18.3. The molecule has 0 spiro atoms. The van der Waals surface area contributed by atoms with Crippen molar-refractivity contribution in [2.75, 3.05) is 17.7 Å². The molecule has 0 atom stereocenters. The number of carbonyl (C=O) groups is 1. The first kappa shape index (κ1) is 19.3. The molecule has 3 aromatic rings. The summed E-state index contributed by atoms with van der Waals surface area (Å²) in [6, 6.07) is 0.379. The van der Waals surface area contributed by atoms with Crippen molar-refractivity contribution >= 4 is 46.0 Å². The van der Waals surface area contributed by atoms with E-state index < -0.39 is 0 Å². The third-order valence-corrected chi connectivity index (χ3v) is 5.57. The second-order valence-electron chi connectivity index (χ2n) is 7.30. The summed E-state index contributed by atoms with van der Waals surface area (Å²) in [6.45, 7) is 5.46. The molecule has 1 fully saturated rings. The smallest absolute Gasteiger partial charge is 0.245 e. The summed E-state index contributed by atoms with van der Waals surface area (Å²) >= 11 is 6.35.